The van der Waals surface area contributed by atoms with E-state index in [1.165, 1.54) is 0 Å². The van der Waals surface area contributed by atoms with Gasteiger partial charge in [0.05, 0.1) is 13.7 Å². The Kier molecular flexibility index (Phi) is 5.29. The molecule has 0 aromatic heterocycles. The Hall–Kier alpha value is -1.75. The lowest BCUT2D eigenvalue weighted by atomic mass is 10.2. The SMILES string of the molecule is CCC(OCc1ccc(OC)cc1)C(N)=NO. The standard InChI is InChI=1S/C12H18N2O3/c1-3-11(12(13)14-15)17-8-9-4-6-10(16-2)7-5-9/h4-7,11,15H,3,8H2,1-2H3,(H2,13,14). The van der Waals surface area contributed by atoms with Crippen LogP contribution < -0.4 is 10.5 Å². The molecule has 94 valence electrons. The van der Waals surface area contributed by atoms with E-state index < -0.39 is 0 Å². The van der Waals surface area contributed by atoms with Gasteiger partial charge < -0.3 is 20.4 Å². The van der Waals surface area contributed by atoms with Gasteiger partial charge in [0.2, 0.25) is 0 Å². The van der Waals surface area contributed by atoms with Crippen molar-refractivity contribution in [1.82, 2.24) is 0 Å². The van der Waals surface area contributed by atoms with Crippen LogP contribution in [0.5, 0.6) is 5.75 Å². The number of nitrogens with zero attached hydrogens (tertiary/aromatic N) is 1. The molecular formula is C12H18N2O3. The van der Waals surface area contributed by atoms with Crippen LogP contribution in [0.25, 0.3) is 0 Å². The second-order valence-corrected chi connectivity index (χ2v) is 3.58. The fourth-order valence-corrected chi connectivity index (χ4v) is 1.40. The summed E-state index contributed by atoms with van der Waals surface area (Å²) in [6, 6.07) is 7.56. The van der Waals surface area contributed by atoms with Gasteiger partial charge in [-0.05, 0) is 24.1 Å². The number of methoxy groups -OCH3 is 1. The van der Waals surface area contributed by atoms with Crippen molar-refractivity contribution < 1.29 is 14.7 Å². The summed E-state index contributed by atoms with van der Waals surface area (Å²) in [5.41, 5.74) is 6.50. The van der Waals surface area contributed by atoms with E-state index >= 15 is 0 Å². The Morgan fingerprint density at radius 1 is 1.41 bits per heavy atom. The number of amidine groups is 1. The summed E-state index contributed by atoms with van der Waals surface area (Å²) in [5, 5.41) is 11.5. The van der Waals surface area contributed by atoms with Crippen LogP contribution in [0.3, 0.4) is 0 Å². The van der Waals surface area contributed by atoms with Crippen LogP contribution in [0.15, 0.2) is 29.4 Å². The van der Waals surface area contributed by atoms with E-state index in [0.717, 1.165) is 11.3 Å². The van der Waals surface area contributed by atoms with Crippen molar-refractivity contribution in [2.75, 3.05) is 7.11 Å². The topological polar surface area (TPSA) is 77.1 Å². The minimum atomic E-state index is -0.359. The molecule has 0 bridgehead atoms. The second-order valence-electron chi connectivity index (χ2n) is 3.58. The molecule has 0 aliphatic rings. The van der Waals surface area contributed by atoms with Gasteiger partial charge in [-0.15, -0.1) is 0 Å². The van der Waals surface area contributed by atoms with Crippen molar-refractivity contribution in [3.8, 4) is 5.75 Å². The molecule has 1 aromatic carbocycles. The highest BCUT2D eigenvalue weighted by molar-refractivity contribution is 5.84. The number of hydrogen-bond acceptors (Lipinski definition) is 4. The summed E-state index contributed by atoms with van der Waals surface area (Å²) in [6.07, 6.45) is 0.300. The Balaban J connectivity index is 2.53. The van der Waals surface area contributed by atoms with Gasteiger partial charge in [-0.1, -0.05) is 24.2 Å². The zero-order valence-corrected chi connectivity index (χ0v) is 10.1. The highest BCUT2D eigenvalue weighted by Crippen LogP contribution is 2.13. The Morgan fingerprint density at radius 3 is 2.53 bits per heavy atom. The van der Waals surface area contributed by atoms with Gasteiger partial charge in [0.15, 0.2) is 5.84 Å². The van der Waals surface area contributed by atoms with Gasteiger partial charge in [-0.2, -0.15) is 0 Å². The molecule has 5 heteroatoms. The lowest BCUT2D eigenvalue weighted by Crippen LogP contribution is -2.30. The third-order valence-corrected chi connectivity index (χ3v) is 2.43. The molecule has 0 spiro atoms. The molecule has 0 aliphatic heterocycles. The van der Waals surface area contributed by atoms with E-state index in [9.17, 15) is 0 Å². The zero-order chi connectivity index (χ0) is 12.7. The maximum Gasteiger partial charge on any atom is 0.168 e. The molecule has 1 rings (SSSR count). The van der Waals surface area contributed by atoms with Gasteiger partial charge in [-0.3, -0.25) is 0 Å². The number of nitrogens with two attached hydrogens (primary N) is 1. The number of hydrogen-bond donors (Lipinski definition) is 2. The summed E-state index contributed by atoms with van der Waals surface area (Å²) >= 11 is 0. The molecule has 1 unspecified atom stereocenters. The van der Waals surface area contributed by atoms with Crippen LogP contribution in [0, 0.1) is 0 Å². The molecule has 5 nitrogen and oxygen atoms in total. The number of ether oxygens (including phenoxy) is 2. The summed E-state index contributed by atoms with van der Waals surface area (Å²) < 4.78 is 10.6. The lowest BCUT2D eigenvalue weighted by molar-refractivity contribution is 0.0788. The fraction of sp³-hybridized carbons (Fsp3) is 0.417. The second kappa shape index (κ2) is 6.75. The zero-order valence-electron chi connectivity index (χ0n) is 10.1. The molecule has 0 aliphatic carbocycles. The van der Waals surface area contributed by atoms with Crippen molar-refractivity contribution in [2.24, 2.45) is 10.9 Å². The van der Waals surface area contributed by atoms with Crippen LogP contribution >= 0.6 is 0 Å². The minimum Gasteiger partial charge on any atom is -0.497 e. The molecule has 3 N–H and O–H groups in total. The van der Waals surface area contributed by atoms with E-state index in [1.807, 2.05) is 31.2 Å². The first-order valence-corrected chi connectivity index (χ1v) is 5.43. The normalized spacial score (nSPS) is 13.4. The van der Waals surface area contributed by atoms with Crippen LogP contribution in [0.1, 0.15) is 18.9 Å². The van der Waals surface area contributed by atoms with Crippen molar-refractivity contribution >= 4 is 5.84 Å². The van der Waals surface area contributed by atoms with Gasteiger partial charge in [0.25, 0.3) is 0 Å². The smallest absolute Gasteiger partial charge is 0.168 e. The molecule has 0 heterocycles. The van der Waals surface area contributed by atoms with E-state index in [4.69, 9.17) is 20.4 Å². The Labute approximate surface area is 101 Å². The van der Waals surface area contributed by atoms with Gasteiger partial charge in [0, 0.05) is 0 Å². The molecule has 0 fully saturated rings. The number of rotatable bonds is 6. The molecular weight excluding hydrogens is 220 g/mol. The summed E-state index contributed by atoms with van der Waals surface area (Å²) in [5.74, 6) is 0.901. The third-order valence-electron chi connectivity index (χ3n) is 2.43. The minimum absolute atomic E-state index is 0.0982. The maximum atomic E-state index is 8.57. The Morgan fingerprint density at radius 2 is 2.06 bits per heavy atom. The van der Waals surface area contributed by atoms with Gasteiger partial charge >= 0.3 is 0 Å². The number of benzene rings is 1. The van der Waals surface area contributed by atoms with Crippen molar-refractivity contribution in [3.63, 3.8) is 0 Å². The predicted octanol–water partition coefficient (Wildman–Crippen LogP) is 1.74. The predicted molar refractivity (Wildman–Crippen MR) is 65.3 cm³/mol. The quantitative estimate of drug-likeness (QED) is 0.342. The maximum absolute atomic E-state index is 8.57. The Bertz CT molecular complexity index is 363. The monoisotopic (exact) mass is 238 g/mol. The van der Waals surface area contributed by atoms with Crippen LogP contribution in [-0.2, 0) is 11.3 Å². The van der Waals surface area contributed by atoms with E-state index in [0.29, 0.717) is 13.0 Å². The summed E-state index contributed by atoms with van der Waals surface area (Å²) in [4.78, 5) is 0. The first-order chi connectivity index (χ1) is 8.21. The average Bonchev–Trinajstić information content (AvgIpc) is 2.39. The molecule has 1 aromatic rings. The highest BCUT2D eigenvalue weighted by atomic mass is 16.5. The van der Waals surface area contributed by atoms with Gasteiger partial charge in [0.1, 0.15) is 11.9 Å². The molecule has 17 heavy (non-hydrogen) atoms. The molecule has 0 radical (unpaired) electrons. The van der Waals surface area contributed by atoms with Crippen molar-refractivity contribution in [1.29, 1.82) is 0 Å². The first-order valence-electron chi connectivity index (χ1n) is 5.43. The average molecular weight is 238 g/mol. The summed E-state index contributed by atoms with van der Waals surface area (Å²) in [6.45, 7) is 2.33. The fourth-order valence-electron chi connectivity index (χ4n) is 1.40. The molecule has 0 saturated carbocycles. The van der Waals surface area contributed by atoms with Crippen LogP contribution in [0.2, 0.25) is 0 Å². The first kappa shape index (κ1) is 13.3. The number of oxime groups is 1. The van der Waals surface area contributed by atoms with Gasteiger partial charge in [-0.25, -0.2) is 0 Å². The van der Waals surface area contributed by atoms with E-state index in [1.54, 1.807) is 7.11 Å². The molecule has 0 saturated heterocycles. The van der Waals surface area contributed by atoms with Crippen molar-refractivity contribution in [2.45, 2.75) is 26.1 Å². The van der Waals surface area contributed by atoms with Crippen molar-refractivity contribution in [3.05, 3.63) is 29.8 Å². The highest BCUT2D eigenvalue weighted by Gasteiger charge is 2.11. The largest absolute Gasteiger partial charge is 0.497 e. The summed E-state index contributed by atoms with van der Waals surface area (Å²) in [7, 11) is 1.62. The third kappa shape index (κ3) is 3.96. The van der Waals surface area contributed by atoms with E-state index in [2.05, 4.69) is 5.16 Å². The molecule has 0 amide bonds. The molecule has 1 atom stereocenters. The van der Waals surface area contributed by atoms with E-state index in [-0.39, 0.29) is 11.9 Å². The van der Waals surface area contributed by atoms with Crippen LogP contribution in [-0.4, -0.2) is 24.3 Å². The van der Waals surface area contributed by atoms with Crippen LogP contribution in [0.4, 0.5) is 0 Å². The lowest BCUT2D eigenvalue weighted by Gasteiger charge is -2.14.